The summed E-state index contributed by atoms with van der Waals surface area (Å²) in [6.45, 7) is 4.87. The van der Waals surface area contributed by atoms with Crippen LogP contribution in [0.5, 0.6) is 0 Å². The summed E-state index contributed by atoms with van der Waals surface area (Å²) in [5.74, 6) is 0.851. The Kier molecular flexibility index (Phi) is 3.57. The van der Waals surface area contributed by atoms with Crippen molar-refractivity contribution in [2.75, 3.05) is 25.5 Å². The first-order chi connectivity index (χ1) is 8.81. The average Bonchev–Trinajstić information content (AvgIpc) is 2.79. The summed E-state index contributed by atoms with van der Waals surface area (Å²) in [6, 6.07) is 0.788. The van der Waals surface area contributed by atoms with E-state index in [1.54, 1.807) is 0 Å². The molecule has 3 rings (SSSR count). The third kappa shape index (κ3) is 2.16. The lowest BCUT2D eigenvalue weighted by atomic mass is 9.79. The van der Waals surface area contributed by atoms with Crippen LogP contribution in [0.4, 0.5) is 5.13 Å². The summed E-state index contributed by atoms with van der Waals surface area (Å²) in [5.41, 5.74) is 1.38. The van der Waals surface area contributed by atoms with Crippen LogP contribution in [0.15, 0.2) is 0 Å². The number of hydrogen-bond acceptors (Lipinski definition) is 4. The van der Waals surface area contributed by atoms with E-state index in [9.17, 15) is 0 Å². The van der Waals surface area contributed by atoms with Crippen LogP contribution < -0.4 is 5.32 Å². The molecule has 4 heteroatoms. The van der Waals surface area contributed by atoms with Crippen LogP contribution in [0.1, 0.15) is 36.8 Å². The van der Waals surface area contributed by atoms with Crippen LogP contribution in [0.2, 0.25) is 0 Å². The van der Waals surface area contributed by atoms with Gasteiger partial charge in [-0.3, -0.25) is 4.90 Å². The van der Waals surface area contributed by atoms with Gasteiger partial charge in [-0.25, -0.2) is 4.98 Å². The summed E-state index contributed by atoms with van der Waals surface area (Å²) in [7, 11) is 1.97. The van der Waals surface area contributed by atoms with E-state index >= 15 is 0 Å². The number of nitrogens with one attached hydrogen (secondary N) is 1. The fourth-order valence-electron chi connectivity index (χ4n) is 3.56. The molecule has 0 aromatic carbocycles. The van der Waals surface area contributed by atoms with E-state index in [2.05, 4.69) is 17.1 Å². The molecule has 0 radical (unpaired) electrons. The van der Waals surface area contributed by atoms with Crippen molar-refractivity contribution in [3.8, 4) is 0 Å². The monoisotopic (exact) mass is 265 g/mol. The Labute approximate surface area is 114 Å². The molecule has 2 heterocycles. The zero-order chi connectivity index (χ0) is 12.5. The first-order valence-corrected chi connectivity index (χ1v) is 8.03. The maximum Gasteiger partial charge on any atom is 0.182 e. The zero-order valence-corrected chi connectivity index (χ0v) is 12.2. The molecule has 1 N–H and O–H groups in total. The summed E-state index contributed by atoms with van der Waals surface area (Å²) < 4.78 is 0. The van der Waals surface area contributed by atoms with Gasteiger partial charge < -0.3 is 5.32 Å². The second kappa shape index (κ2) is 5.17. The van der Waals surface area contributed by atoms with E-state index in [1.165, 1.54) is 55.8 Å². The quantitative estimate of drug-likeness (QED) is 0.911. The predicted octanol–water partition coefficient (Wildman–Crippen LogP) is 2.77. The zero-order valence-electron chi connectivity index (χ0n) is 11.4. The van der Waals surface area contributed by atoms with Gasteiger partial charge in [-0.05, 0) is 51.1 Å². The number of likely N-dealkylation sites (tertiary alicyclic amines) is 1. The highest BCUT2D eigenvalue weighted by atomic mass is 32.1. The number of piperidine rings is 1. The summed E-state index contributed by atoms with van der Waals surface area (Å²) in [6.07, 6.45) is 6.49. The first-order valence-electron chi connectivity index (χ1n) is 7.22. The van der Waals surface area contributed by atoms with E-state index in [4.69, 9.17) is 4.98 Å². The lowest BCUT2D eigenvalue weighted by Crippen LogP contribution is -2.49. The SMILES string of the molecule is CCCN1CCCC2Cc3nc(NC)sc3CC21. The van der Waals surface area contributed by atoms with Crippen LogP contribution in [0, 0.1) is 5.92 Å². The molecule has 2 unspecified atom stereocenters. The number of hydrogen-bond donors (Lipinski definition) is 1. The number of nitrogens with zero attached hydrogens (tertiary/aromatic N) is 2. The Balaban J connectivity index is 1.82. The van der Waals surface area contributed by atoms with Crippen LogP contribution in [-0.2, 0) is 12.8 Å². The topological polar surface area (TPSA) is 28.2 Å². The van der Waals surface area contributed by atoms with Crippen molar-refractivity contribution in [3.05, 3.63) is 10.6 Å². The number of aromatic nitrogens is 1. The minimum Gasteiger partial charge on any atom is -0.365 e. The molecule has 1 aromatic heterocycles. The number of fused-ring (bicyclic) bond motifs is 2. The fourth-order valence-corrected chi connectivity index (χ4v) is 4.55. The molecule has 0 bridgehead atoms. The Morgan fingerprint density at radius 3 is 3.11 bits per heavy atom. The molecular formula is C14H23N3S. The van der Waals surface area contributed by atoms with Crippen LogP contribution in [0.3, 0.4) is 0 Å². The van der Waals surface area contributed by atoms with Crippen molar-refractivity contribution >= 4 is 16.5 Å². The van der Waals surface area contributed by atoms with Gasteiger partial charge in [-0.15, -0.1) is 11.3 Å². The standard InChI is InChI=1S/C14H23N3S/c1-3-6-17-7-4-5-10-8-11-13(9-12(10)17)18-14(15-2)16-11/h10,12H,3-9H2,1-2H3,(H,15,16). The molecule has 100 valence electrons. The molecule has 1 saturated heterocycles. The maximum absolute atomic E-state index is 4.72. The van der Waals surface area contributed by atoms with Gasteiger partial charge in [0.15, 0.2) is 5.13 Å². The molecule has 2 atom stereocenters. The molecule has 1 aromatic rings. The van der Waals surface area contributed by atoms with E-state index in [-0.39, 0.29) is 0 Å². The molecule has 0 amide bonds. The summed E-state index contributed by atoms with van der Waals surface area (Å²) in [4.78, 5) is 8.98. The second-order valence-electron chi connectivity index (χ2n) is 5.55. The van der Waals surface area contributed by atoms with Gasteiger partial charge in [-0.1, -0.05) is 6.92 Å². The van der Waals surface area contributed by atoms with E-state index in [0.717, 1.165) is 17.1 Å². The normalized spacial score (nSPS) is 27.7. The van der Waals surface area contributed by atoms with Gasteiger partial charge in [0.05, 0.1) is 5.69 Å². The highest BCUT2D eigenvalue weighted by Gasteiger charge is 2.36. The molecule has 1 aliphatic carbocycles. The van der Waals surface area contributed by atoms with Crippen molar-refractivity contribution in [2.24, 2.45) is 5.92 Å². The molecule has 0 saturated carbocycles. The summed E-state index contributed by atoms with van der Waals surface area (Å²) >= 11 is 1.86. The predicted molar refractivity (Wildman–Crippen MR) is 77.4 cm³/mol. The Hall–Kier alpha value is -0.610. The van der Waals surface area contributed by atoms with Crippen molar-refractivity contribution in [3.63, 3.8) is 0 Å². The first kappa shape index (κ1) is 12.4. The minimum absolute atomic E-state index is 0.788. The third-order valence-corrected chi connectivity index (χ3v) is 5.52. The molecule has 1 fully saturated rings. The second-order valence-corrected chi connectivity index (χ2v) is 6.64. The lowest BCUT2D eigenvalue weighted by Gasteiger charge is -2.43. The molecule has 0 spiro atoms. The van der Waals surface area contributed by atoms with E-state index in [1.807, 2.05) is 18.4 Å². The molecular weight excluding hydrogens is 242 g/mol. The van der Waals surface area contributed by atoms with E-state index < -0.39 is 0 Å². The fraction of sp³-hybridized carbons (Fsp3) is 0.786. The largest absolute Gasteiger partial charge is 0.365 e. The van der Waals surface area contributed by atoms with Crippen LogP contribution >= 0.6 is 11.3 Å². The summed E-state index contributed by atoms with van der Waals surface area (Å²) in [5, 5.41) is 4.29. The molecule has 3 nitrogen and oxygen atoms in total. The number of anilines is 1. The number of thiazole rings is 1. The van der Waals surface area contributed by atoms with Crippen molar-refractivity contribution < 1.29 is 0 Å². The average molecular weight is 265 g/mol. The highest BCUT2D eigenvalue weighted by molar-refractivity contribution is 7.15. The van der Waals surface area contributed by atoms with Crippen LogP contribution in [-0.4, -0.2) is 36.1 Å². The van der Waals surface area contributed by atoms with Gasteiger partial charge in [0.2, 0.25) is 0 Å². The van der Waals surface area contributed by atoms with Crippen molar-refractivity contribution in [1.82, 2.24) is 9.88 Å². The van der Waals surface area contributed by atoms with Gasteiger partial charge in [0, 0.05) is 18.0 Å². The van der Waals surface area contributed by atoms with Crippen LogP contribution in [0.25, 0.3) is 0 Å². The highest BCUT2D eigenvalue weighted by Crippen LogP contribution is 2.38. The number of rotatable bonds is 3. The lowest BCUT2D eigenvalue weighted by molar-refractivity contribution is 0.0857. The van der Waals surface area contributed by atoms with Gasteiger partial charge in [0.1, 0.15) is 0 Å². The van der Waals surface area contributed by atoms with Gasteiger partial charge in [0.25, 0.3) is 0 Å². The maximum atomic E-state index is 4.72. The Morgan fingerprint density at radius 2 is 2.33 bits per heavy atom. The van der Waals surface area contributed by atoms with Crippen molar-refractivity contribution in [1.29, 1.82) is 0 Å². The minimum atomic E-state index is 0.788. The van der Waals surface area contributed by atoms with Gasteiger partial charge >= 0.3 is 0 Å². The molecule has 2 aliphatic rings. The third-order valence-electron chi connectivity index (χ3n) is 4.39. The molecule has 1 aliphatic heterocycles. The Morgan fingerprint density at radius 1 is 1.44 bits per heavy atom. The van der Waals surface area contributed by atoms with Crippen molar-refractivity contribution in [2.45, 2.75) is 45.1 Å². The van der Waals surface area contributed by atoms with E-state index in [0.29, 0.717) is 0 Å². The molecule has 18 heavy (non-hydrogen) atoms. The smallest absolute Gasteiger partial charge is 0.182 e. The van der Waals surface area contributed by atoms with Gasteiger partial charge in [-0.2, -0.15) is 0 Å². The Bertz CT molecular complexity index is 413.